The molecule has 4 nitrogen and oxygen atoms in total. The first-order chi connectivity index (χ1) is 7.19. The lowest BCUT2D eigenvalue weighted by atomic mass is 10.2. The van der Waals surface area contributed by atoms with Crippen molar-refractivity contribution in [2.24, 2.45) is 12.8 Å². The average molecular weight is 212 g/mol. The van der Waals surface area contributed by atoms with Crippen LogP contribution in [0.15, 0.2) is 12.4 Å². The summed E-state index contributed by atoms with van der Waals surface area (Å²) in [6, 6.07) is 0.181. The summed E-state index contributed by atoms with van der Waals surface area (Å²) in [5.41, 5.74) is 6.73. The molecule has 1 aromatic heterocycles. The molecule has 0 radical (unpaired) electrons. The molecule has 0 aromatic carbocycles. The van der Waals surface area contributed by atoms with Gasteiger partial charge in [-0.15, -0.1) is 0 Å². The van der Waals surface area contributed by atoms with E-state index in [0.717, 1.165) is 12.1 Å². The van der Waals surface area contributed by atoms with Crippen molar-refractivity contribution in [2.45, 2.75) is 25.2 Å². The summed E-state index contributed by atoms with van der Waals surface area (Å²) in [6.45, 7) is 1.77. The van der Waals surface area contributed by atoms with E-state index < -0.39 is 6.17 Å². The molecule has 0 unspecified atom stereocenters. The Morgan fingerprint density at radius 1 is 1.67 bits per heavy atom. The molecule has 2 N–H and O–H groups in total. The van der Waals surface area contributed by atoms with Crippen LogP contribution in [0.1, 0.15) is 12.0 Å². The fraction of sp³-hybridized carbons (Fsp3) is 0.700. The Kier molecular flexibility index (Phi) is 3.02. The van der Waals surface area contributed by atoms with Gasteiger partial charge in [-0.1, -0.05) is 0 Å². The molecule has 1 aromatic rings. The maximum Gasteiger partial charge on any atom is 0.114 e. The molecule has 0 bridgehead atoms. The van der Waals surface area contributed by atoms with Crippen molar-refractivity contribution in [3.8, 4) is 0 Å². The van der Waals surface area contributed by atoms with E-state index in [1.165, 1.54) is 0 Å². The second-order valence-electron chi connectivity index (χ2n) is 4.17. The summed E-state index contributed by atoms with van der Waals surface area (Å²) < 4.78 is 15.0. The van der Waals surface area contributed by atoms with E-state index >= 15 is 0 Å². The quantitative estimate of drug-likeness (QED) is 0.783. The number of likely N-dealkylation sites (tertiary alicyclic amines) is 1. The molecular weight excluding hydrogens is 195 g/mol. The monoisotopic (exact) mass is 212 g/mol. The number of nitrogens with zero attached hydrogens (tertiary/aromatic N) is 3. The maximum atomic E-state index is 13.2. The van der Waals surface area contributed by atoms with Crippen molar-refractivity contribution < 1.29 is 4.39 Å². The van der Waals surface area contributed by atoms with Gasteiger partial charge in [0.25, 0.3) is 0 Å². The van der Waals surface area contributed by atoms with Crippen molar-refractivity contribution in [3.05, 3.63) is 18.0 Å². The summed E-state index contributed by atoms with van der Waals surface area (Å²) in [7, 11) is 1.88. The number of hydrogen-bond donors (Lipinski definition) is 1. The van der Waals surface area contributed by atoms with E-state index in [-0.39, 0.29) is 6.04 Å². The Hall–Kier alpha value is -0.940. The van der Waals surface area contributed by atoms with E-state index in [4.69, 9.17) is 5.73 Å². The molecule has 1 saturated heterocycles. The van der Waals surface area contributed by atoms with Crippen LogP contribution in [0.3, 0.4) is 0 Å². The highest BCUT2D eigenvalue weighted by Crippen LogP contribution is 2.21. The van der Waals surface area contributed by atoms with E-state index in [1.54, 1.807) is 4.68 Å². The number of nitrogens with two attached hydrogens (primary N) is 1. The molecule has 1 aliphatic heterocycles. The number of hydrogen-bond acceptors (Lipinski definition) is 3. The van der Waals surface area contributed by atoms with E-state index in [2.05, 4.69) is 10.00 Å². The Morgan fingerprint density at radius 3 is 3.07 bits per heavy atom. The summed E-state index contributed by atoms with van der Waals surface area (Å²) in [5, 5.41) is 4.09. The van der Waals surface area contributed by atoms with Crippen molar-refractivity contribution in [2.75, 3.05) is 13.1 Å². The molecule has 2 rings (SSSR count). The molecule has 0 amide bonds. The van der Waals surface area contributed by atoms with Crippen LogP contribution in [0, 0.1) is 0 Å². The van der Waals surface area contributed by atoms with Gasteiger partial charge in [-0.3, -0.25) is 9.58 Å². The van der Waals surface area contributed by atoms with Crippen molar-refractivity contribution >= 4 is 0 Å². The van der Waals surface area contributed by atoms with E-state index in [0.29, 0.717) is 19.5 Å². The Balaban J connectivity index is 1.99. The van der Waals surface area contributed by atoms with E-state index in [1.807, 2.05) is 19.4 Å². The second-order valence-corrected chi connectivity index (χ2v) is 4.17. The summed E-state index contributed by atoms with van der Waals surface area (Å²) in [4.78, 5) is 2.10. The lowest BCUT2D eigenvalue weighted by molar-refractivity contribution is 0.238. The highest BCUT2D eigenvalue weighted by Gasteiger charge is 2.30. The van der Waals surface area contributed by atoms with Crippen LogP contribution in [0.4, 0.5) is 4.39 Å². The van der Waals surface area contributed by atoms with Crippen LogP contribution >= 0.6 is 0 Å². The predicted octanol–water partition coefficient (Wildman–Crippen LogP) is 0.291. The number of aromatic nitrogens is 2. The molecule has 84 valence electrons. The summed E-state index contributed by atoms with van der Waals surface area (Å²) in [5.74, 6) is 0. The van der Waals surface area contributed by atoms with Crippen molar-refractivity contribution in [3.63, 3.8) is 0 Å². The van der Waals surface area contributed by atoms with Crippen LogP contribution in [0.5, 0.6) is 0 Å². The molecule has 1 aliphatic rings. The van der Waals surface area contributed by atoms with Gasteiger partial charge in [0.05, 0.1) is 6.20 Å². The van der Waals surface area contributed by atoms with Gasteiger partial charge >= 0.3 is 0 Å². The lowest BCUT2D eigenvalue weighted by Crippen LogP contribution is -2.34. The lowest BCUT2D eigenvalue weighted by Gasteiger charge is -2.21. The zero-order valence-corrected chi connectivity index (χ0v) is 8.93. The summed E-state index contributed by atoms with van der Waals surface area (Å²) in [6.07, 6.45) is 3.62. The van der Waals surface area contributed by atoms with Crippen molar-refractivity contribution in [1.82, 2.24) is 14.7 Å². The smallest absolute Gasteiger partial charge is 0.114 e. The fourth-order valence-corrected chi connectivity index (χ4v) is 2.15. The molecule has 0 saturated carbocycles. The third-order valence-corrected chi connectivity index (χ3v) is 2.89. The number of alkyl halides is 1. The van der Waals surface area contributed by atoms with Crippen LogP contribution < -0.4 is 5.73 Å². The van der Waals surface area contributed by atoms with Crippen molar-refractivity contribution in [1.29, 1.82) is 0 Å². The van der Waals surface area contributed by atoms with Gasteiger partial charge in [0.2, 0.25) is 0 Å². The zero-order valence-electron chi connectivity index (χ0n) is 8.93. The Morgan fingerprint density at radius 2 is 2.47 bits per heavy atom. The zero-order chi connectivity index (χ0) is 10.8. The van der Waals surface area contributed by atoms with Gasteiger partial charge < -0.3 is 5.73 Å². The van der Waals surface area contributed by atoms with Crippen LogP contribution in [-0.2, 0) is 13.6 Å². The normalized spacial score (nSPS) is 27.4. The van der Waals surface area contributed by atoms with Gasteiger partial charge in [-0.2, -0.15) is 5.10 Å². The fourth-order valence-electron chi connectivity index (χ4n) is 2.15. The molecule has 0 aliphatic carbocycles. The Labute approximate surface area is 88.9 Å². The molecule has 5 heteroatoms. The molecule has 2 atom stereocenters. The van der Waals surface area contributed by atoms with Crippen LogP contribution in [-0.4, -0.2) is 40.0 Å². The van der Waals surface area contributed by atoms with Gasteiger partial charge in [0, 0.05) is 44.5 Å². The highest BCUT2D eigenvalue weighted by atomic mass is 19.1. The van der Waals surface area contributed by atoms with Gasteiger partial charge in [-0.05, 0) is 6.42 Å². The first-order valence-corrected chi connectivity index (χ1v) is 5.24. The van der Waals surface area contributed by atoms with Crippen LogP contribution in [0.25, 0.3) is 0 Å². The minimum absolute atomic E-state index is 0.181. The van der Waals surface area contributed by atoms with Gasteiger partial charge in [0.1, 0.15) is 6.17 Å². The molecule has 15 heavy (non-hydrogen) atoms. The standard InChI is InChI=1S/C10H17FN4/c1-14-5-8(4-13-14)6-15-7-9(11)2-10(15)3-12/h4-5,9-10H,2-3,6-7,12H2,1H3/t9-,10+/m1/s1. The van der Waals surface area contributed by atoms with Gasteiger partial charge in [-0.25, -0.2) is 4.39 Å². The molecule has 0 spiro atoms. The van der Waals surface area contributed by atoms with Crippen LogP contribution in [0.2, 0.25) is 0 Å². The average Bonchev–Trinajstić information content (AvgIpc) is 2.73. The number of rotatable bonds is 3. The second kappa shape index (κ2) is 4.28. The molecule has 2 heterocycles. The molecule has 1 fully saturated rings. The highest BCUT2D eigenvalue weighted by molar-refractivity contribution is 5.05. The third kappa shape index (κ3) is 2.35. The van der Waals surface area contributed by atoms with Gasteiger partial charge in [0.15, 0.2) is 0 Å². The predicted molar refractivity (Wildman–Crippen MR) is 56.0 cm³/mol. The number of halogens is 1. The first-order valence-electron chi connectivity index (χ1n) is 5.24. The SMILES string of the molecule is Cn1cc(CN2C[C@H](F)C[C@H]2CN)cn1. The minimum Gasteiger partial charge on any atom is -0.329 e. The minimum atomic E-state index is -0.727. The number of aryl methyl sites for hydroxylation is 1. The third-order valence-electron chi connectivity index (χ3n) is 2.89. The maximum absolute atomic E-state index is 13.2. The topological polar surface area (TPSA) is 47.1 Å². The first kappa shape index (κ1) is 10.6. The largest absolute Gasteiger partial charge is 0.329 e. The Bertz CT molecular complexity index is 325. The van der Waals surface area contributed by atoms with E-state index in [9.17, 15) is 4.39 Å². The molecular formula is C10H17FN4. The summed E-state index contributed by atoms with van der Waals surface area (Å²) >= 11 is 0.